The van der Waals surface area contributed by atoms with Gasteiger partial charge in [0.1, 0.15) is 12.4 Å². The first kappa shape index (κ1) is 19.4. The molecule has 0 atom stereocenters. The molecule has 1 aromatic heterocycles. The number of hydrogen-bond acceptors (Lipinski definition) is 5. The fraction of sp³-hybridized carbons (Fsp3) is 0.0952. The topological polar surface area (TPSA) is 94.3 Å². The van der Waals surface area contributed by atoms with Crippen molar-refractivity contribution in [3.63, 3.8) is 0 Å². The van der Waals surface area contributed by atoms with Crippen LogP contribution in [-0.4, -0.2) is 22.6 Å². The van der Waals surface area contributed by atoms with Crippen LogP contribution in [0, 0.1) is 0 Å². The van der Waals surface area contributed by atoms with E-state index in [1.165, 1.54) is 11.8 Å². The van der Waals surface area contributed by atoms with Crippen LogP contribution in [0.2, 0.25) is 0 Å². The summed E-state index contributed by atoms with van der Waals surface area (Å²) in [7, 11) is 0. The highest BCUT2D eigenvalue weighted by molar-refractivity contribution is 8.00. The van der Waals surface area contributed by atoms with E-state index in [1.54, 1.807) is 42.6 Å². The maximum atomic E-state index is 12.7. The van der Waals surface area contributed by atoms with Crippen LogP contribution in [0.1, 0.15) is 16.1 Å². The van der Waals surface area contributed by atoms with Crippen molar-refractivity contribution in [3.8, 4) is 5.75 Å². The molecular weight excluding hydrogens is 374 g/mol. The molecule has 0 bridgehead atoms. The van der Waals surface area contributed by atoms with E-state index in [4.69, 9.17) is 10.5 Å². The molecule has 0 saturated carbocycles. The highest BCUT2D eigenvalue weighted by Crippen LogP contribution is 2.24. The third-order valence-corrected chi connectivity index (χ3v) is 4.80. The average Bonchev–Trinajstić information content (AvgIpc) is 2.72. The summed E-state index contributed by atoms with van der Waals surface area (Å²) in [4.78, 5) is 28.6. The van der Waals surface area contributed by atoms with Crippen LogP contribution in [0.4, 0.5) is 5.69 Å². The van der Waals surface area contributed by atoms with Gasteiger partial charge in [-0.25, -0.2) is 0 Å². The summed E-state index contributed by atoms with van der Waals surface area (Å²) in [6.45, 7) is 0.338. The summed E-state index contributed by atoms with van der Waals surface area (Å²) in [5.74, 6) is 0.0356. The third-order valence-electron chi connectivity index (χ3n) is 3.71. The smallest absolute Gasteiger partial charge is 0.256 e. The number of amides is 2. The van der Waals surface area contributed by atoms with Crippen molar-refractivity contribution in [2.45, 2.75) is 11.5 Å². The predicted molar refractivity (Wildman–Crippen MR) is 109 cm³/mol. The SMILES string of the molecule is NC(=O)CSc1ccccc1C(=O)Nc1cccc(OCc2ccccn2)c1. The summed E-state index contributed by atoms with van der Waals surface area (Å²) in [5.41, 5.74) is 7.11. The van der Waals surface area contributed by atoms with Gasteiger partial charge in [0, 0.05) is 22.8 Å². The highest BCUT2D eigenvalue weighted by atomic mass is 32.2. The molecule has 2 aromatic carbocycles. The maximum absolute atomic E-state index is 12.7. The summed E-state index contributed by atoms with van der Waals surface area (Å²) in [6.07, 6.45) is 1.71. The summed E-state index contributed by atoms with van der Waals surface area (Å²) < 4.78 is 5.74. The number of hydrogen-bond donors (Lipinski definition) is 2. The number of nitrogens with one attached hydrogen (secondary N) is 1. The van der Waals surface area contributed by atoms with E-state index < -0.39 is 5.91 Å². The van der Waals surface area contributed by atoms with Crippen LogP contribution in [-0.2, 0) is 11.4 Å². The van der Waals surface area contributed by atoms with Gasteiger partial charge in [-0.3, -0.25) is 14.6 Å². The Kier molecular flexibility index (Phi) is 6.64. The molecule has 0 unspecified atom stereocenters. The van der Waals surface area contributed by atoms with E-state index in [9.17, 15) is 9.59 Å². The molecule has 3 N–H and O–H groups in total. The number of rotatable bonds is 8. The van der Waals surface area contributed by atoms with Crippen molar-refractivity contribution in [1.82, 2.24) is 4.98 Å². The van der Waals surface area contributed by atoms with Crippen molar-refractivity contribution in [2.75, 3.05) is 11.1 Å². The van der Waals surface area contributed by atoms with Crippen LogP contribution in [0.3, 0.4) is 0 Å². The fourth-order valence-corrected chi connectivity index (χ4v) is 3.22. The van der Waals surface area contributed by atoms with E-state index in [0.717, 1.165) is 5.69 Å². The van der Waals surface area contributed by atoms with Gasteiger partial charge in [0.2, 0.25) is 5.91 Å². The Bertz CT molecular complexity index is 964. The monoisotopic (exact) mass is 393 g/mol. The van der Waals surface area contributed by atoms with Gasteiger partial charge in [-0.05, 0) is 36.4 Å². The van der Waals surface area contributed by atoms with Gasteiger partial charge >= 0.3 is 0 Å². The minimum absolute atomic E-state index is 0.112. The number of carbonyl (C=O) groups is 2. The average molecular weight is 393 g/mol. The summed E-state index contributed by atoms with van der Waals surface area (Å²) in [5, 5.41) is 2.86. The molecule has 0 aliphatic carbocycles. The van der Waals surface area contributed by atoms with Crippen LogP contribution < -0.4 is 15.8 Å². The van der Waals surface area contributed by atoms with Crippen molar-refractivity contribution in [1.29, 1.82) is 0 Å². The van der Waals surface area contributed by atoms with Crippen molar-refractivity contribution >= 4 is 29.3 Å². The molecule has 142 valence electrons. The van der Waals surface area contributed by atoms with Gasteiger partial charge in [-0.15, -0.1) is 11.8 Å². The predicted octanol–water partition coefficient (Wildman–Crippen LogP) is 3.49. The molecule has 28 heavy (non-hydrogen) atoms. The number of benzene rings is 2. The maximum Gasteiger partial charge on any atom is 0.256 e. The molecule has 3 aromatic rings. The number of anilines is 1. The van der Waals surface area contributed by atoms with E-state index in [-0.39, 0.29) is 11.7 Å². The minimum Gasteiger partial charge on any atom is -0.487 e. The quantitative estimate of drug-likeness (QED) is 0.571. The van der Waals surface area contributed by atoms with Crippen LogP contribution in [0.15, 0.2) is 77.8 Å². The molecule has 3 rings (SSSR count). The number of carbonyl (C=O) groups excluding carboxylic acids is 2. The molecule has 0 aliphatic rings. The fourth-order valence-electron chi connectivity index (χ4n) is 2.43. The number of primary amides is 1. The minimum atomic E-state index is -0.432. The molecule has 2 amide bonds. The van der Waals surface area contributed by atoms with E-state index in [2.05, 4.69) is 10.3 Å². The lowest BCUT2D eigenvalue weighted by Crippen LogP contribution is -2.15. The van der Waals surface area contributed by atoms with E-state index in [1.807, 2.05) is 30.3 Å². The highest BCUT2D eigenvalue weighted by Gasteiger charge is 2.12. The molecule has 0 fully saturated rings. The Balaban J connectivity index is 1.67. The van der Waals surface area contributed by atoms with Gasteiger partial charge in [-0.2, -0.15) is 0 Å². The Hall–Kier alpha value is -3.32. The lowest BCUT2D eigenvalue weighted by Gasteiger charge is -2.11. The van der Waals surface area contributed by atoms with Crippen molar-refractivity contribution in [3.05, 3.63) is 84.2 Å². The molecule has 0 spiro atoms. The zero-order chi connectivity index (χ0) is 19.8. The van der Waals surface area contributed by atoms with Gasteiger partial charge in [0.25, 0.3) is 5.91 Å². The van der Waals surface area contributed by atoms with Crippen LogP contribution in [0.5, 0.6) is 5.75 Å². The zero-order valence-electron chi connectivity index (χ0n) is 15.0. The van der Waals surface area contributed by atoms with Crippen LogP contribution >= 0.6 is 11.8 Å². The first-order chi connectivity index (χ1) is 13.6. The van der Waals surface area contributed by atoms with Gasteiger partial charge in [0.15, 0.2) is 0 Å². The molecule has 6 nitrogen and oxygen atoms in total. The summed E-state index contributed by atoms with van der Waals surface area (Å²) >= 11 is 1.24. The van der Waals surface area contributed by atoms with Gasteiger partial charge in [-0.1, -0.05) is 24.3 Å². The second-order valence-electron chi connectivity index (χ2n) is 5.84. The number of aromatic nitrogens is 1. The normalized spacial score (nSPS) is 10.3. The lowest BCUT2D eigenvalue weighted by atomic mass is 10.2. The third kappa shape index (κ3) is 5.59. The molecule has 0 saturated heterocycles. The number of nitrogens with two attached hydrogens (primary N) is 1. The van der Waals surface area contributed by atoms with Crippen molar-refractivity contribution < 1.29 is 14.3 Å². The standard InChI is InChI=1S/C21H19N3O3S/c22-20(25)14-28-19-10-2-1-9-18(19)21(26)24-15-7-5-8-17(12-15)27-13-16-6-3-4-11-23-16/h1-12H,13-14H2,(H2,22,25)(H,24,26). The van der Waals surface area contributed by atoms with Crippen LogP contribution in [0.25, 0.3) is 0 Å². The van der Waals surface area contributed by atoms with E-state index in [0.29, 0.717) is 28.5 Å². The van der Waals surface area contributed by atoms with Gasteiger partial charge < -0.3 is 15.8 Å². The summed E-state index contributed by atoms with van der Waals surface area (Å²) in [6, 6.07) is 19.9. The first-order valence-corrected chi connectivity index (χ1v) is 9.54. The largest absolute Gasteiger partial charge is 0.487 e. The molecule has 1 heterocycles. The van der Waals surface area contributed by atoms with Gasteiger partial charge in [0.05, 0.1) is 17.0 Å². The second kappa shape index (κ2) is 9.57. The lowest BCUT2D eigenvalue weighted by molar-refractivity contribution is -0.115. The Morgan fingerprint density at radius 3 is 2.64 bits per heavy atom. The second-order valence-corrected chi connectivity index (χ2v) is 6.86. The zero-order valence-corrected chi connectivity index (χ0v) is 15.8. The number of pyridine rings is 1. The van der Waals surface area contributed by atoms with Crippen molar-refractivity contribution in [2.24, 2.45) is 5.73 Å². The number of ether oxygens (including phenoxy) is 1. The van der Waals surface area contributed by atoms with E-state index >= 15 is 0 Å². The number of nitrogens with zero attached hydrogens (tertiary/aromatic N) is 1. The molecular formula is C21H19N3O3S. The Morgan fingerprint density at radius 2 is 1.86 bits per heavy atom. The number of thioether (sulfide) groups is 1. The Morgan fingerprint density at radius 1 is 1.04 bits per heavy atom. The molecule has 0 radical (unpaired) electrons. The molecule has 7 heteroatoms. The Labute approximate surface area is 167 Å². The molecule has 0 aliphatic heterocycles. The first-order valence-electron chi connectivity index (χ1n) is 8.56.